The fourth-order valence-electron chi connectivity index (χ4n) is 6.38. The Morgan fingerprint density at radius 3 is 1.13 bits per heavy atom. The zero-order valence-corrected chi connectivity index (χ0v) is 57.5. The highest BCUT2D eigenvalue weighted by Crippen LogP contribution is 2.32. The highest BCUT2D eigenvalue weighted by molar-refractivity contribution is 5.94. The average molecular weight is 1170 g/mol. The molecule has 0 unspecified atom stereocenters. The number of primary amides is 1. The minimum Gasteiger partial charge on any atom is -0.369 e. The van der Waals surface area contributed by atoms with E-state index in [4.69, 9.17) is 5.73 Å². The third-order valence-corrected chi connectivity index (χ3v) is 12.2. The van der Waals surface area contributed by atoms with Gasteiger partial charge in [0, 0.05) is 87.6 Å². The van der Waals surface area contributed by atoms with Gasteiger partial charge >= 0.3 is 0 Å². The molecule has 0 spiro atoms. The molecule has 0 saturated heterocycles. The molecule has 15 heteroatoms. The highest BCUT2D eigenvalue weighted by atomic mass is 16.2. The molecule has 83 heavy (non-hydrogen) atoms. The Labute approximate surface area is 506 Å². The van der Waals surface area contributed by atoms with Gasteiger partial charge in [0.15, 0.2) is 0 Å². The van der Waals surface area contributed by atoms with Crippen molar-refractivity contribution >= 4 is 52.8 Å². The zero-order chi connectivity index (χ0) is 66.0. The van der Waals surface area contributed by atoms with Crippen molar-refractivity contribution in [2.75, 3.05) is 18.9 Å². The Hall–Kier alpha value is -5.60. The van der Waals surface area contributed by atoms with Gasteiger partial charge in [-0.1, -0.05) is 233 Å². The molecule has 2 aromatic rings. The Balaban J connectivity index is -0.000000433. The molecule has 0 radical (unpaired) electrons. The Morgan fingerprint density at radius 2 is 0.855 bits per heavy atom. The summed E-state index contributed by atoms with van der Waals surface area (Å²) in [6.07, 6.45) is 9.67. The molecule has 0 aliphatic heterocycles. The number of anilines is 1. The number of benzene rings is 2. The number of carbonyl (C=O) groups is 8. The van der Waals surface area contributed by atoms with E-state index in [1.807, 2.05) is 220 Å². The van der Waals surface area contributed by atoms with Crippen LogP contribution in [0.15, 0.2) is 60.7 Å². The second-order valence-electron chi connectivity index (χ2n) is 29.2. The van der Waals surface area contributed by atoms with Crippen molar-refractivity contribution in [3.8, 4) is 0 Å². The summed E-state index contributed by atoms with van der Waals surface area (Å²) in [6, 6.07) is 20.1. The lowest BCUT2D eigenvalue weighted by atomic mass is 9.82. The average Bonchev–Trinajstić information content (AvgIpc) is 4.09. The lowest BCUT2D eigenvalue weighted by Gasteiger charge is -2.21. The van der Waals surface area contributed by atoms with E-state index in [9.17, 15) is 38.4 Å². The maximum Gasteiger partial charge on any atom is 0.229 e. The lowest BCUT2D eigenvalue weighted by Crippen LogP contribution is -2.40. The van der Waals surface area contributed by atoms with E-state index in [0.717, 1.165) is 30.6 Å². The molecule has 8 N–H and O–H groups in total. The van der Waals surface area contributed by atoms with Crippen LogP contribution in [-0.4, -0.2) is 72.8 Å². The van der Waals surface area contributed by atoms with Crippen LogP contribution < -0.4 is 37.6 Å². The summed E-state index contributed by atoms with van der Waals surface area (Å²) in [5.74, 6) is 1.29. The van der Waals surface area contributed by atoms with Gasteiger partial charge in [0.2, 0.25) is 41.4 Å². The number of nitrogens with one attached hydrogen (secondary N) is 6. The van der Waals surface area contributed by atoms with E-state index in [1.165, 1.54) is 38.5 Å². The molecule has 4 rings (SSSR count). The van der Waals surface area contributed by atoms with E-state index in [0.29, 0.717) is 24.3 Å². The molecule has 2 aromatic carbocycles. The van der Waals surface area contributed by atoms with E-state index < -0.39 is 0 Å². The molecule has 478 valence electrons. The fraction of sp³-hybridized carbons (Fsp3) is 0.706. The van der Waals surface area contributed by atoms with Crippen LogP contribution in [0.1, 0.15) is 237 Å². The van der Waals surface area contributed by atoms with E-state index >= 15 is 0 Å². The summed E-state index contributed by atoms with van der Waals surface area (Å²) in [5, 5.41) is 16.9. The molecule has 0 heterocycles. The molecular formula is C68H123N7O8. The molecule has 0 bridgehead atoms. The number of ketones is 1. The number of para-hydroxylation sites is 1. The van der Waals surface area contributed by atoms with Gasteiger partial charge in [0.25, 0.3) is 0 Å². The van der Waals surface area contributed by atoms with Crippen molar-refractivity contribution in [1.29, 1.82) is 0 Å². The number of nitrogens with two attached hydrogens (primary N) is 1. The fourth-order valence-corrected chi connectivity index (χ4v) is 6.38. The van der Waals surface area contributed by atoms with Gasteiger partial charge < -0.3 is 37.6 Å². The summed E-state index contributed by atoms with van der Waals surface area (Å²) in [4.78, 5) is 89.0. The van der Waals surface area contributed by atoms with Crippen LogP contribution in [0.4, 0.5) is 5.69 Å². The van der Waals surface area contributed by atoms with Crippen LogP contribution in [0.3, 0.4) is 0 Å². The van der Waals surface area contributed by atoms with Crippen LogP contribution >= 0.6 is 0 Å². The molecule has 2 aliphatic rings. The van der Waals surface area contributed by atoms with Crippen molar-refractivity contribution in [2.45, 2.75) is 250 Å². The van der Waals surface area contributed by atoms with Crippen molar-refractivity contribution in [3.05, 3.63) is 66.2 Å². The van der Waals surface area contributed by atoms with E-state index in [-0.39, 0.29) is 91.2 Å². The number of carbonyl (C=O) groups excluding carboxylic acids is 8. The van der Waals surface area contributed by atoms with Gasteiger partial charge in [-0.25, -0.2) is 0 Å². The SMILES string of the molecule is CC(C)(C)C(=O)C1CCCC1.CC(C)(C)C(=O)NC1CCCC1.CC(C)(C)C(=O)Nc1ccccc1.CC(C)(C)C(N)=O.CC(C)C(=O)NCc1ccccc1.CC(C)NC(=O)C(C)(C)C.CCNC(=O)C(C)(C)C.CNC(=O)C(C)(C)C. The summed E-state index contributed by atoms with van der Waals surface area (Å²) in [6.45, 7) is 51.0. The number of Topliss-reactive ketones (excluding diaryl/α,β-unsaturated/α-hetero) is 1. The zero-order valence-electron chi connectivity index (χ0n) is 57.5. The predicted octanol–water partition coefficient (Wildman–Crippen LogP) is 13.5. The van der Waals surface area contributed by atoms with Gasteiger partial charge in [-0.05, 0) is 64.2 Å². The molecule has 15 nitrogen and oxygen atoms in total. The van der Waals surface area contributed by atoms with Gasteiger partial charge in [0.05, 0.1) is 0 Å². The molecule has 2 aliphatic carbocycles. The summed E-state index contributed by atoms with van der Waals surface area (Å²) in [7, 11) is 1.65. The summed E-state index contributed by atoms with van der Waals surface area (Å²) in [5.41, 5.74) is 5.13. The van der Waals surface area contributed by atoms with Gasteiger partial charge in [-0.15, -0.1) is 0 Å². The number of amides is 7. The molecule has 7 amide bonds. The lowest BCUT2D eigenvalue weighted by molar-refractivity contribution is -0.130. The van der Waals surface area contributed by atoms with Crippen molar-refractivity contribution in [2.24, 2.45) is 55.5 Å². The van der Waals surface area contributed by atoms with Crippen molar-refractivity contribution < 1.29 is 38.4 Å². The maximum atomic E-state index is 11.7. The Bertz CT molecular complexity index is 2160. The highest BCUT2D eigenvalue weighted by Gasteiger charge is 2.31. The minimum atomic E-state index is -0.361. The molecule has 2 saturated carbocycles. The second kappa shape index (κ2) is 39.9. The van der Waals surface area contributed by atoms with Crippen molar-refractivity contribution in [1.82, 2.24) is 26.6 Å². The maximum absolute atomic E-state index is 11.7. The number of rotatable bonds is 8. The third kappa shape index (κ3) is 45.5. The first-order chi connectivity index (χ1) is 37.5. The van der Waals surface area contributed by atoms with Crippen LogP contribution in [-0.2, 0) is 44.9 Å². The number of hydrogen-bond acceptors (Lipinski definition) is 8. The Kier molecular flexibility index (Phi) is 40.3. The van der Waals surface area contributed by atoms with Gasteiger partial charge in [-0.2, -0.15) is 0 Å². The number of hydrogen-bond donors (Lipinski definition) is 7. The van der Waals surface area contributed by atoms with E-state index in [2.05, 4.69) is 31.9 Å². The largest absolute Gasteiger partial charge is 0.369 e. The van der Waals surface area contributed by atoms with Crippen LogP contribution in [0.5, 0.6) is 0 Å². The quantitative estimate of drug-likeness (QED) is 0.134. The standard InChI is InChI=1S/2C11H15NO.C10H19NO.C10H18O.C8H17NO.C7H15NO.C6H13NO.C5H11NO/c1-11(2,3)10(13)12-9-7-5-4-6-8-9;1-9(2)11(13)12-8-10-6-4-3-5-7-10;1-10(2,3)9(12)11-8-6-4-5-7-8;1-10(2,3)9(11)8-6-4-5-7-8;1-6(2)9-7(10)8(3,4)5;1-5-8-6(9)7(2,3)4;1-6(2,3)5(8)7-4;1-5(2,3)4(6)7/h4-8H,1-3H3,(H,12,13);3-7,9H,8H2,1-2H3,(H,12,13);8H,4-7H2,1-3H3,(H,11,12);8H,4-7H2,1-3H3;6H,1-5H3,(H,9,10);5H2,1-4H3,(H,8,9);1-4H3,(H,7,8);1-3H3,(H2,6,7). The Morgan fingerprint density at radius 1 is 0.482 bits per heavy atom. The third-order valence-electron chi connectivity index (χ3n) is 12.2. The van der Waals surface area contributed by atoms with Crippen LogP contribution in [0.25, 0.3) is 0 Å². The predicted molar refractivity (Wildman–Crippen MR) is 347 cm³/mol. The first kappa shape index (κ1) is 83.9. The van der Waals surface area contributed by atoms with Crippen LogP contribution in [0.2, 0.25) is 0 Å². The molecular weight excluding hydrogens is 1040 g/mol. The monoisotopic (exact) mass is 1170 g/mol. The van der Waals surface area contributed by atoms with E-state index in [1.54, 1.807) is 27.8 Å². The molecule has 0 aromatic heterocycles. The van der Waals surface area contributed by atoms with Crippen LogP contribution in [0, 0.1) is 49.7 Å². The molecule has 2 fully saturated rings. The first-order valence-corrected chi connectivity index (χ1v) is 30.1. The first-order valence-electron chi connectivity index (χ1n) is 30.1. The smallest absolute Gasteiger partial charge is 0.229 e. The second-order valence-corrected chi connectivity index (χ2v) is 29.2. The summed E-state index contributed by atoms with van der Waals surface area (Å²) < 4.78 is 0. The topological polar surface area (TPSA) is 235 Å². The molecule has 0 atom stereocenters. The summed E-state index contributed by atoms with van der Waals surface area (Å²) >= 11 is 0. The van der Waals surface area contributed by atoms with Gasteiger partial charge in [-0.3, -0.25) is 38.4 Å². The normalized spacial score (nSPS) is 13.5. The van der Waals surface area contributed by atoms with Crippen molar-refractivity contribution in [3.63, 3.8) is 0 Å². The van der Waals surface area contributed by atoms with Gasteiger partial charge in [0.1, 0.15) is 5.78 Å². The minimum absolute atomic E-state index is 0.0405.